The normalized spacial score (nSPS) is 22.8. The maximum atomic E-state index is 3.76. The number of piperazine rings is 1. The van der Waals surface area contributed by atoms with Crippen LogP contribution in [-0.2, 0) is 0 Å². The van der Waals surface area contributed by atoms with Gasteiger partial charge in [0.15, 0.2) is 0 Å². The van der Waals surface area contributed by atoms with Crippen LogP contribution in [0, 0.1) is 6.92 Å². The van der Waals surface area contributed by atoms with Crippen molar-refractivity contribution in [3.63, 3.8) is 0 Å². The number of aryl methyl sites for hydroxylation is 1. The quantitative estimate of drug-likeness (QED) is 0.899. The van der Waals surface area contributed by atoms with Gasteiger partial charge in [-0.1, -0.05) is 12.1 Å². The van der Waals surface area contributed by atoms with Crippen molar-refractivity contribution in [2.24, 2.45) is 0 Å². The van der Waals surface area contributed by atoms with E-state index in [-0.39, 0.29) is 5.54 Å². The largest absolute Gasteiger partial charge is 0.368 e. The lowest BCUT2D eigenvalue weighted by molar-refractivity contribution is 0.244. The Bertz CT molecular complexity index is 426. The first-order valence-corrected chi connectivity index (χ1v) is 7.10. The summed E-state index contributed by atoms with van der Waals surface area (Å²) < 4.78 is 0. The Morgan fingerprint density at radius 3 is 2.74 bits per heavy atom. The van der Waals surface area contributed by atoms with Crippen LogP contribution in [0.5, 0.6) is 0 Å². The van der Waals surface area contributed by atoms with Crippen LogP contribution in [0.2, 0.25) is 0 Å². The highest BCUT2D eigenvalue weighted by Crippen LogP contribution is 2.22. The number of rotatable bonds is 3. The Kier molecular flexibility index (Phi) is 4.16. The standard InChI is InChI=1S/C16H27N3/c1-13-7-6-8-15(9-13)19-11-14(10-18(4)5)17-16(2,3)12-19/h6-9,14,17H,10-12H2,1-5H3. The summed E-state index contributed by atoms with van der Waals surface area (Å²) in [5.74, 6) is 0. The number of benzene rings is 1. The molecule has 3 heteroatoms. The molecule has 1 fully saturated rings. The van der Waals surface area contributed by atoms with Crippen molar-refractivity contribution in [2.75, 3.05) is 38.6 Å². The van der Waals surface area contributed by atoms with E-state index in [1.165, 1.54) is 11.3 Å². The minimum Gasteiger partial charge on any atom is -0.368 e. The van der Waals surface area contributed by atoms with E-state index in [4.69, 9.17) is 0 Å². The summed E-state index contributed by atoms with van der Waals surface area (Å²) >= 11 is 0. The molecule has 0 aliphatic carbocycles. The van der Waals surface area contributed by atoms with Gasteiger partial charge in [-0.05, 0) is 52.6 Å². The van der Waals surface area contributed by atoms with Gasteiger partial charge < -0.3 is 15.1 Å². The van der Waals surface area contributed by atoms with Crippen LogP contribution in [0.25, 0.3) is 0 Å². The summed E-state index contributed by atoms with van der Waals surface area (Å²) in [6.07, 6.45) is 0. The Labute approximate surface area is 117 Å². The van der Waals surface area contributed by atoms with Gasteiger partial charge in [0.05, 0.1) is 0 Å². The van der Waals surface area contributed by atoms with E-state index < -0.39 is 0 Å². The molecule has 0 aromatic heterocycles. The molecule has 0 saturated carbocycles. The summed E-state index contributed by atoms with van der Waals surface area (Å²) in [5, 5.41) is 3.76. The third-order valence-electron chi connectivity index (χ3n) is 3.57. The second kappa shape index (κ2) is 5.51. The zero-order valence-corrected chi connectivity index (χ0v) is 12.9. The summed E-state index contributed by atoms with van der Waals surface area (Å²) in [6.45, 7) is 9.95. The van der Waals surface area contributed by atoms with Crippen molar-refractivity contribution in [1.29, 1.82) is 0 Å². The molecular formula is C16H27N3. The molecule has 0 amide bonds. The van der Waals surface area contributed by atoms with Gasteiger partial charge in [-0.2, -0.15) is 0 Å². The molecule has 1 aliphatic rings. The summed E-state index contributed by atoms with van der Waals surface area (Å²) in [7, 11) is 4.28. The number of nitrogens with one attached hydrogen (secondary N) is 1. The van der Waals surface area contributed by atoms with Crippen LogP contribution in [0.4, 0.5) is 5.69 Å². The Balaban J connectivity index is 2.16. The Hall–Kier alpha value is -1.06. The van der Waals surface area contributed by atoms with Gasteiger partial charge in [0.1, 0.15) is 0 Å². The molecule has 106 valence electrons. The van der Waals surface area contributed by atoms with E-state index >= 15 is 0 Å². The fraction of sp³-hybridized carbons (Fsp3) is 0.625. The van der Waals surface area contributed by atoms with Crippen molar-refractivity contribution >= 4 is 5.69 Å². The van der Waals surface area contributed by atoms with E-state index in [0.717, 1.165) is 19.6 Å². The van der Waals surface area contributed by atoms with Crippen LogP contribution in [0.15, 0.2) is 24.3 Å². The smallest absolute Gasteiger partial charge is 0.0376 e. The molecule has 1 atom stereocenters. The molecule has 0 bridgehead atoms. The molecule has 1 N–H and O–H groups in total. The number of hydrogen-bond donors (Lipinski definition) is 1. The van der Waals surface area contributed by atoms with E-state index in [1.54, 1.807) is 0 Å². The predicted molar refractivity (Wildman–Crippen MR) is 82.9 cm³/mol. The average Bonchev–Trinajstić information content (AvgIpc) is 2.25. The molecule has 1 saturated heterocycles. The highest BCUT2D eigenvalue weighted by molar-refractivity contribution is 5.49. The zero-order valence-electron chi connectivity index (χ0n) is 12.9. The van der Waals surface area contributed by atoms with Crippen molar-refractivity contribution in [1.82, 2.24) is 10.2 Å². The minimum atomic E-state index is 0.155. The van der Waals surface area contributed by atoms with Gasteiger partial charge in [-0.3, -0.25) is 0 Å². The van der Waals surface area contributed by atoms with Crippen LogP contribution in [0.3, 0.4) is 0 Å². The minimum absolute atomic E-state index is 0.155. The maximum absolute atomic E-state index is 3.76. The third-order valence-corrected chi connectivity index (χ3v) is 3.57. The molecule has 3 nitrogen and oxygen atoms in total. The number of nitrogens with zero attached hydrogens (tertiary/aromatic N) is 2. The van der Waals surface area contributed by atoms with Crippen LogP contribution in [-0.4, -0.2) is 50.2 Å². The average molecular weight is 261 g/mol. The first-order valence-electron chi connectivity index (χ1n) is 7.10. The SMILES string of the molecule is Cc1cccc(N2CC(CN(C)C)NC(C)(C)C2)c1. The van der Waals surface area contributed by atoms with Crippen molar-refractivity contribution < 1.29 is 0 Å². The van der Waals surface area contributed by atoms with Gasteiger partial charge in [-0.25, -0.2) is 0 Å². The van der Waals surface area contributed by atoms with Crippen molar-refractivity contribution in [2.45, 2.75) is 32.4 Å². The predicted octanol–water partition coefficient (Wildman–Crippen LogP) is 2.11. The summed E-state index contributed by atoms with van der Waals surface area (Å²) in [4.78, 5) is 4.77. The topological polar surface area (TPSA) is 18.5 Å². The number of anilines is 1. The van der Waals surface area contributed by atoms with E-state index in [2.05, 4.69) is 74.2 Å². The lowest BCUT2D eigenvalue weighted by Gasteiger charge is -2.45. The molecule has 19 heavy (non-hydrogen) atoms. The molecule has 1 aromatic carbocycles. The first-order chi connectivity index (χ1) is 8.85. The highest BCUT2D eigenvalue weighted by Gasteiger charge is 2.32. The second-order valence-electron chi connectivity index (χ2n) is 6.71. The molecular weight excluding hydrogens is 234 g/mol. The summed E-state index contributed by atoms with van der Waals surface area (Å²) in [5.41, 5.74) is 2.83. The molecule has 1 aromatic rings. The van der Waals surface area contributed by atoms with E-state index in [1.807, 2.05) is 0 Å². The van der Waals surface area contributed by atoms with E-state index in [0.29, 0.717) is 6.04 Å². The van der Waals surface area contributed by atoms with Gasteiger partial charge in [0.25, 0.3) is 0 Å². The van der Waals surface area contributed by atoms with Gasteiger partial charge in [0, 0.05) is 36.9 Å². The fourth-order valence-electron chi connectivity index (χ4n) is 3.02. The van der Waals surface area contributed by atoms with Crippen LogP contribution >= 0.6 is 0 Å². The Morgan fingerprint density at radius 2 is 2.11 bits per heavy atom. The molecule has 0 radical (unpaired) electrons. The highest BCUT2D eigenvalue weighted by atomic mass is 15.3. The number of likely N-dealkylation sites (N-methyl/N-ethyl adjacent to an activating group) is 1. The first kappa shape index (κ1) is 14.4. The number of hydrogen-bond acceptors (Lipinski definition) is 3. The van der Waals surface area contributed by atoms with Gasteiger partial charge >= 0.3 is 0 Å². The van der Waals surface area contributed by atoms with Gasteiger partial charge in [-0.15, -0.1) is 0 Å². The van der Waals surface area contributed by atoms with E-state index in [9.17, 15) is 0 Å². The molecule has 1 aliphatic heterocycles. The maximum Gasteiger partial charge on any atom is 0.0376 e. The molecule has 0 spiro atoms. The lowest BCUT2D eigenvalue weighted by atomic mass is 9.97. The fourth-order valence-corrected chi connectivity index (χ4v) is 3.02. The monoisotopic (exact) mass is 261 g/mol. The summed E-state index contributed by atoms with van der Waals surface area (Å²) in [6, 6.07) is 9.34. The molecule has 2 rings (SSSR count). The lowest BCUT2D eigenvalue weighted by Crippen LogP contribution is -2.64. The second-order valence-corrected chi connectivity index (χ2v) is 6.71. The van der Waals surface area contributed by atoms with Crippen molar-refractivity contribution in [3.8, 4) is 0 Å². The van der Waals surface area contributed by atoms with Crippen LogP contribution in [0.1, 0.15) is 19.4 Å². The van der Waals surface area contributed by atoms with Gasteiger partial charge in [0.2, 0.25) is 0 Å². The Morgan fingerprint density at radius 1 is 1.37 bits per heavy atom. The molecule has 1 heterocycles. The van der Waals surface area contributed by atoms with Crippen LogP contribution < -0.4 is 10.2 Å². The van der Waals surface area contributed by atoms with Crippen molar-refractivity contribution in [3.05, 3.63) is 29.8 Å². The third kappa shape index (κ3) is 3.95. The zero-order chi connectivity index (χ0) is 14.0. The molecule has 1 unspecified atom stereocenters.